The van der Waals surface area contributed by atoms with Gasteiger partial charge in [-0.3, -0.25) is 24.1 Å². The molecule has 5 rings (SSSR count). The van der Waals surface area contributed by atoms with Crippen LogP contribution in [0.4, 0.5) is 0 Å². The molecule has 3 aliphatic heterocycles. The number of ether oxygens (including phenoxy) is 3. The summed E-state index contributed by atoms with van der Waals surface area (Å²) in [7, 11) is 1.33. The average Bonchev–Trinajstić information content (AvgIpc) is 3.41. The predicted octanol–water partition coefficient (Wildman–Crippen LogP) is 2.24. The summed E-state index contributed by atoms with van der Waals surface area (Å²) in [6.45, 7) is 1.01. The van der Waals surface area contributed by atoms with Gasteiger partial charge in [0.1, 0.15) is 0 Å². The average molecular weight is 450 g/mol. The number of imide groups is 1. The molecular weight excluding hydrogens is 428 g/mol. The number of fused-ring (bicyclic) bond motifs is 2. The number of nitrogens with zero attached hydrogens (tertiary/aromatic N) is 2. The lowest BCUT2D eigenvalue weighted by Crippen LogP contribution is -2.42. The van der Waals surface area contributed by atoms with Crippen LogP contribution in [-0.4, -0.2) is 60.5 Å². The number of esters is 1. The largest absolute Gasteiger partial charge is 0.469 e. The first-order chi connectivity index (χ1) is 16.0. The number of amides is 3. The van der Waals surface area contributed by atoms with Crippen LogP contribution in [0.1, 0.15) is 49.5 Å². The summed E-state index contributed by atoms with van der Waals surface area (Å²) in [5.74, 6) is -0.631. The third kappa shape index (κ3) is 3.69. The summed E-state index contributed by atoms with van der Waals surface area (Å²) in [6.07, 6.45) is 1.36. The standard InChI is InChI=1S/C24H22N2O7/c1-31-24(30)16-3-2-8-25(12-16)21(27)15-5-6-17-18(10-15)23(29)26(22(17)28)11-14-4-7-19-20(9-14)33-13-32-19/h4-7,9-10,16H,2-3,8,11-13H2,1H3. The second-order valence-electron chi connectivity index (χ2n) is 8.26. The number of rotatable bonds is 4. The molecule has 33 heavy (non-hydrogen) atoms. The van der Waals surface area contributed by atoms with Gasteiger partial charge in [0.25, 0.3) is 17.7 Å². The summed E-state index contributed by atoms with van der Waals surface area (Å²) in [5.41, 5.74) is 1.51. The topological polar surface area (TPSA) is 102 Å². The minimum atomic E-state index is -0.451. The highest BCUT2D eigenvalue weighted by molar-refractivity contribution is 6.22. The molecule has 1 fully saturated rings. The highest BCUT2D eigenvalue weighted by atomic mass is 16.7. The van der Waals surface area contributed by atoms with Crippen LogP contribution in [-0.2, 0) is 16.1 Å². The zero-order chi connectivity index (χ0) is 23.1. The Morgan fingerprint density at radius 1 is 1.03 bits per heavy atom. The number of carbonyl (C=O) groups is 4. The molecule has 0 bridgehead atoms. The number of likely N-dealkylation sites (tertiary alicyclic amines) is 1. The zero-order valence-electron chi connectivity index (χ0n) is 18.0. The quantitative estimate of drug-likeness (QED) is 0.520. The summed E-state index contributed by atoms with van der Waals surface area (Å²) in [6, 6.07) is 9.81. The van der Waals surface area contributed by atoms with E-state index in [0.29, 0.717) is 36.4 Å². The van der Waals surface area contributed by atoms with E-state index in [0.717, 1.165) is 10.5 Å². The van der Waals surface area contributed by atoms with E-state index in [1.54, 1.807) is 29.2 Å². The van der Waals surface area contributed by atoms with E-state index in [2.05, 4.69) is 0 Å². The van der Waals surface area contributed by atoms with Crippen molar-refractivity contribution < 1.29 is 33.4 Å². The SMILES string of the molecule is COC(=O)C1CCCN(C(=O)c2ccc3c(c2)C(=O)N(Cc2ccc4c(c2)OCO4)C3=O)C1. The maximum atomic E-state index is 13.1. The van der Waals surface area contributed by atoms with Gasteiger partial charge >= 0.3 is 5.97 Å². The highest BCUT2D eigenvalue weighted by Gasteiger charge is 2.37. The van der Waals surface area contributed by atoms with Crippen LogP contribution in [0.15, 0.2) is 36.4 Å². The molecule has 0 N–H and O–H groups in total. The van der Waals surface area contributed by atoms with Crippen molar-refractivity contribution in [3.63, 3.8) is 0 Å². The second kappa shape index (κ2) is 8.23. The minimum Gasteiger partial charge on any atom is -0.469 e. The lowest BCUT2D eigenvalue weighted by Gasteiger charge is -2.31. The molecule has 2 aromatic rings. The zero-order valence-corrected chi connectivity index (χ0v) is 18.0. The van der Waals surface area contributed by atoms with E-state index in [4.69, 9.17) is 14.2 Å². The van der Waals surface area contributed by atoms with Gasteiger partial charge in [-0.25, -0.2) is 0 Å². The molecule has 0 radical (unpaired) electrons. The molecule has 3 aliphatic rings. The molecule has 2 aromatic carbocycles. The molecule has 0 aromatic heterocycles. The third-order valence-electron chi connectivity index (χ3n) is 6.24. The lowest BCUT2D eigenvalue weighted by atomic mass is 9.97. The Kier molecular flexibility index (Phi) is 5.24. The lowest BCUT2D eigenvalue weighted by molar-refractivity contribution is -0.146. The van der Waals surface area contributed by atoms with Crippen LogP contribution in [0.25, 0.3) is 0 Å². The fraction of sp³-hybridized carbons (Fsp3) is 0.333. The summed E-state index contributed by atoms with van der Waals surface area (Å²) >= 11 is 0. The molecule has 3 heterocycles. The van der Waals surface area contributed by atoms with Gasteiger partial charge in [0.15, 0.2) is 11.5 Å². The van der Waals surface area contributed by atoms with Gasteiger partial charge < -0.3 is 19.1 Å². The van der Waals surface area contributed by atoms with Crippen molar-refractivity contribution in [2.24, 2.45) is 5.92 Å². The first kappa shape index (κ1) is 21.0. The smallest absolute Gasteiger partial charge is 0.310 e. The van der Waals surface area contributed by atoms with Crippen molar-refractivity contribution >= 4 is 23.7 Å². The van der Waals surface area contributed by atoms with Gasteiger partial charge in [0.2, 0.25) is 6.79 Å². The number of carbonyl (C=O) groups excluding carboxylic acids is 4. The Bertz CT molecular complexity index is 1180. The maximum Gasteiger partial charge on any atom is 0.310 e. The van der Waals surface area contributed by atoms with E-state index in [1.807, 2.05) is 0 Å². The first-order valence-corrected chi connectivity index (χ1v) is 10.7. The van der Waals surface area contributed by atoms with Crippen molar-refractivity contribution in [3.05, 3.63) is 58.7 Å². The molecular formula is C24H22N2O7. The Morgan fingerprint density at radius 2 is 1.82 bits per heavy atom. The molecule has 0 aliphatic carbocycles. The van der Waals surface area contributed by atoms with Gasteiger partial charge in [0, 0.05) is 18.7 Å². The molecule has 0 saturated carbocycles. The Morgan fingerprint density at radius 3 is 2.64 bits per heavy atom. The van der Waals surface area contributed by atoms with Gasteiger partial charge in [-0.15, -0.1) is 0 Å². The number of piperidine rings is 1. The van der Waals surface area contributed by atoms with Crippen molar-refractivity contribution in [2.75, 3.05) is 27.0 Å². The number of hydrogen-bond acceptors (Lipinski definition) is 7. The van der Waals surface area contributed by atoms with Crippen LogP contribution < -0.4 is 9.47 Å². The number of benzene rings is 2. The molecule has 9 heteroatoms. The second-order valence-corrected chi connectivity index (χ2v) is 8.26. The van der Waals surface area contributed by atoms with Crippen molar-refractivity contribution in [2.45, 2.75) is 19.4 Å². The monoisotopic (exact) mass is 450 g/mol. The minimum absolute atomic E-state index is 0.0825. The van der Waals surface area contributed by atoms with Crippen LogP contribution in [0.5, 0.6) is 11.5 Å². The van der Waals surface area contributed by atoms with Crippen molar-refractivity contribution in [1.82, 2.24) is 9.80 Å². The first-order valence-electron chi connectivity index (χ1n) is 10.7. The molecule has 9 nitrogen and oxygen atoms in total. The van der Waals surface area contributed by atoms with Crippen LogP contribution in [0, 0.1) is 5.92 Å². The summed E-state index contributed by atoms with van der Waals surface area (Å²) < 4.78 is 15.5. The molecule has 170 valence electrons. The fourth-order valence-electron chi connectivity index (χ4n) is 4.49. The number of hydrogen-bond donors (Lipinski definition) is 0. The van der Waals surface area contributed by atoms with Crippen molar-refractivity contribution in [3.8, 4) is 11.5 Å². The maximum absolute atomic E-state index is 13.1. The molecule has 1 saturated heterocycles. The Labute approximate surface area is 189 Å². The predicted molar refractivity (Wildman–Crippen MR) is 114 cm³/mol. The summed E-state index contributed by atoms with van der Waals surface area (Å²) in [4.78, 5) is 53.6. The van der Waals surface area contributed by atoms with Crippen LogP contribution in [0.2, 0.25) is 0 Å². The highest BCUT2D eigenvalue weighted by Crippen LogP contribution is 2.34. The van der Waals surface area contributed by atoms with E-state index in [9.17, 15) is 19.2 Å². The molecule has 1 unspecified atom stereocenters. The van der Waals surface area contributed by atoms with Crippen molar-refractivity contribution in [1.29, 1.82) is 0 Å². The normalized spacial score (nSPS) is 19.0. The van der Waals surface area contributed by atoms with Gasteiger partial charge in [-0.05, 0) is 48.7 Å². The molecule has 1 atom stereocenters. The third-order valence-corrected chi connectivity index (χ3v) is 6.24. The fourth-order valence-corrected chi connectivity index (χ4v) is 4.49. The van der Waals surface area contributed by atoms with E-state index in [1.165, 1.54) is 19.2 Å². The van der Waals surface area contributed by atoms with Gasteiger partial charge in [-0.1, -0.05) is 6.07 Å². The van der Waals surface area contributed by atoms with Crippen LogP contribution in [0.3, 0.4) is 0 Å². The molecule has 3 amide bonds. The Balaban J connectivity index is 1.34. The van der Waals surface area contributed by atoms with E-state index < -0.39 is 11.8 Å². The van der Waals surface area contributed by atoms with E-state index >= 15 is 0 Å². The molecule has 0 spiro atoms. The van der Waals surface area contributed by atoms with E-state index in [-0.39, 0.29) is 48.8 Å². The number of methoxy groups -OCH3 is 1. The van der Waals surface area contributed by atoms with Gasteiger partial charge in [0.05, 0.1) is 30.7 Å². The van der Waals surface area contributed by atoms with Crippen LogP contribution >= 0.6 is 0 Å². The summed E-state index contributed by atoms with van der Waals surface area (Å²) in [5, 5.41) is 0. The van der Waals surface area contributed by atoms with Gasteiger partial charge in [-0.2, -0.15) is 0 Å². The Hall–Kier alpha value is -3.88.